The second kappa shape index (κ2) is 11.6. The zero-order valence-corrected chi connectivity index (χ0v) is 22.4. The van der Waals surface area contributed by atoms with Crippen molar-refractivity contribution < 1.29 is 18.0 Å². The lowest BCUT2D eigenvalue weighted by molar-refractivity contribution is -0.140. The SMILES string of the molecule is CCC(C(=O)NC(C)C)N(Cc1ccccc1C)C(=O)CN(c1cccc2ccccc12)S(C)(=O)=O. The third-order valence-corrected chi connectivity index (χ3v) is 7.26. The summed E-state index contributed by atoms with van der Waals surface area (Å²) < 4.78 is 27.0. The van der Waals surface area contributed by atoms with Gasteiger partial charge < -0.3 is 10.2 Å². The van der Waals surface area contributed by atoms with Crippen molar-refractivity contribution in [1.29, 1.82) is 0 Å². The average Bonchev–Trinajstić information content (AvgIpc) is 2.82. The maximum Gasteiger partial charge on any atom is 0.244 e. The Morgan fingerprint density at radius 1 is 0.944 bits per heavy atom. The number of benzene rings is 3. The number of amides is 2. The van der Waals surface area contributed by atoms with Gasteiger partial charge in [0.15, 0.2) is 0 Å². The standard InChI is InChI=1S/C28H35N3O4S/c1-6-25(28(33)29-20(2)3)30(18-23-14-8-7-12-21(23)4)27(32)19-31(36(5,34)35)26-17-11-15-22-13-9-10-16-24(22)26/h7-17,20,25H,6,18-19H2,1-5H3,(H,29,33). The first-order chi connectivity index (χ1) is 17.0. The number of rotatable bonds is 10. The van der Waals surface area contributed by atoms with Crippen LogP contribution in [0.25, 0.3) is 10.8 Å². The van der Waals surface area contributed by atoms with Crippen molar-refractivity contribution in [2.75, 3.05) is 17.1 Å². The molecule has 36 heavy (non-hydrogen) atoms. The van der Waals surface area contributed by atoms with Crippen molar-refractivity contribution in [2.45, 2.75) is 52.7 Å². The highest BCUT2D eigenvalue weighted by molar-refractivity contribution is 7.92. The maximum absolute atomic E-state index is 13.9. The maximum atomic E-state index is 13.9. The van der Waals surface area contributed by atoms with E-state index in [-0.39, 0.29) is 18.5 Å². The minimum Gasteiger partial charge on any atom is -0.352 e. The third kappa shape index (κ3) is 6.43. The number of aryl methyl sites for hydroxylation is 1. The van der Waals surface area contributed by atoms with E-state index in [4.69, 9.17) is 0 Å². The van der Waals surface area contributed by atoms with Crippen LogP contribution in [0.1, 0.15) is 38.3 Å². The number of anilines is 1. The monoisotopic (exact) mass is 509 g/mol. The Balaban J connectivity index is 2.04. The number of hydrogen-bond acceptors (Lipinski definition) is 4. The fourth-order valence-corrected chi connectivity index (χ4v) is 5.15. The number of carbonyl (C=O) groups is 2. The highest BCUT2D eigenvalue weighted by atomic mass is 32.2. The van der Waals surface area contributed by atoms with Crippen LogP contribution in [-0.2, 0) is 26.2 Å². The first-order valence-electron chi connectivity index (χ1n) is 12.1. The summed E-state index contributed by atoms with van der Waals surface area (Å²) in [5.41, 5.74) is 2.32. The summed E-state index contributed by atoms with van der Waals surface area (Å²) >= 11 is 0. The summed E-state index contributed by atoms with van der Waals surface area (Å²) in [7, 11) is -3.81. The minimum absolute atomic E-state index is 0.0924. The zero-order chi connectivity index (χ0) is 26.5. The van der Waals surface area contributed by atoms with Gasteiger partial charge in [0, 0.05) is 18.0 Å². The second-order valence-electron chi connectivity index (χ2n) is 9.30. The molecule has 192 valence electrons. The Bertz CT molecular complexity index is 1330. The van der Waals surface area contributed by atoms with E-state index >= 15 is 0 Å². The molecule has 7 nitrogen and oxygen atoms in total. The molecule has 3 aromatic carbocycles. The Hall–Kier alpha value is -3.39. The van der Waals surface area contributed by atoms with E-state index in [0.29, 0.717) is 12.1 Å². The summed E-state index contributed by atoms with van der Waals surface area (Å²) in [6, 6.07) is 19.7. The summed E-state index contributed by atoms with van der Waals surface area (Å²) in [5, 5.41) is 4.51. The van der Waals surface area contributed by atoms with Crippen LogP contribution in [0.3, 0.4) is 0 Å². The second-order valence-corrected chi connectivity index (χ2v) is 11.2. The Labute approximate surface area is 214 Å². The number of hydrogen-bond donors (Lipinski definition) is 1. The van der Waals surface area contributed by atoms with Crippen LogP contribution in [0.4, 0.5) is 5.69 Å². The molecule has 0 heterocycles. The van der Waals surface area contributed by atoms with E-state index < -0.39 is 28.5 Å². The molecule has 0 spiro atoms. The van der Waals surface area contributed by atoms with Gasteiger partial charge in [-0.2, -0.15) is 0 Å². The third-order valence-electron chi connectivity index (χ3n) is 6.13. The molecule has 8 heteroatoms. The number of carbonyl (C=O) groups excluding carboxylic acids is 2. The lowest BCUT2D eigenvalue weighted by Gasteiger charge is -2.33. The molecule has 1 unspecified atom stereocenters. The van der Waals surface area contributed by atoms with Crippen LogP contribution in [0.5, 0.6) is 0 Å². The molecule has 0 radical (unpaired) electrons. The lowest BCUT2D eigenvalue weighted by atomic mass is 10.1. The quantitative estimate of drug-likeness (QED) is 0.443. The fourth-order valence-electron chi connectivity index (χ4n) is 4.29. The van der Waals surface area contributed by atoms with Crippen LogP contribution in [-0.4, -0.2) is 50.0 Å². The van der Waals surface area contributed by atoms with Gasteiger partial charge in [-0.1, -0.05) is 67.6 Å². The van der Waals surface area contributed by atoms with Gasteiger partial charge in [-0.05, 0) is 49.8 Å². The van der Waals surface area contributed by atoms with Crippen LogP contribution >= 0.6 is 0 Å². The van der Waals surface area contributed by atoms with E-state index in [1.807, 2.05) is 82.3 Å². The van der Waals surface area contributed by atoms with Crippen molar-refractivity contribution >= 4 is 38.3 Å². The molecule has 0 fully saturated rings. The molecule has 0 bridgehead atoms. The van der Waals surface area contributed by atoms with Gasteiger partial charge in [-0.15, -0.1) is 0 Å². The molecule has 3 rings (SSSR count). The Morgan fingerprint density at radius 3 is 2.22 bits per heavy atom. The molecule has 0 aliphatic heterocycles. The van der Waals surface area contributed by atoms with Crippen molar-refractivity contribution in [3.8, 4) is 0 Å². The summed E-state index contributed by atoms with van der Waals surface area (Å²) in [6.07, 6.45) is 1.49. The van der Waals surface area contributed by atoms with Crippen LogP contribution in [0.15, 0.2) is 66.7 Å². The predicted molar refractivity (Wildman–Crippen MR) is 145 cm³/mol. The summed E-state index contributed by atoms with van der Waals surface area (Å²) in [5.74, 6) is -0.701. The van der Waals surface area contributed by atoms with Crippen molar-refractivity contribution in [3.05, 3.63) is 77.9 Å². The van der Waals surface area contributed by atoms with E-state index in [2.05, 4.69) is 5.32 Å². The molecule has 0 aliphatic carbocycles. The van der Waals surface area contributed by atoms with Crippen LogP contribution in [0.2, 0.25) is 0 Å². The van der Waals surface area contributed by atoms with Crippen LogP contribution < -0.4 is 9.62 Å². The minimum atomic E-state index is -3.81. The number of nitrogens with one attached hydrogen (secondary N) is 1. The van der Waals surface area contributed by atoms with Gasteiger partial charge in [0.2, 0.25) is 21.8 Å². The van der Waals surface area contributed by atoms with E-state index in [0.717, 1.165) is 32.5 Å². The summed E-state index contributed by atoms with van der Waals surface area (Å²) in [4.78, 5) is 28.5. The molecular weight excluding hydrogens is 474 g/mol. The smallest absolute Gasteiger partial charge is 0.244 e. The van der Waals surface area contributed by atoms with Gasteiger partial charge in [-0.3, -0.25) is 13.9 Å². The van der Waals surface area contributed by atoms with Crippen molar-refractivity contribution in [2.24, 2.45) is 0 Å². The van der Waals surface area contributed by atoms with Crippen molar-refractivity contribution in [3.63, 3.8) is 0 Å². The number of sulfonamides is 1. The average molecular weight is 510 g/mol. The molecule has 1 atom stereocenters. The first-order valence-corrected chi connectivity index (χ1v) is 14.0. The number of fused-ring (bicyclic) bond motifs is 1. The highest BCUT2D eigenvalue weighted by Gasteiger charge is 2.32. The highest BCUT2D eigenvalue weighted by Crippen LogP contribution is 2.29. The normalized spacial score (nSPS) is 12.4. The van der Waals surface area contributed by atoms with Gasteiger partial charge in [0.1, 0.15) is 12.6 Å². The summed E-state index contributed by atoms with van der Waals surface area (Å²) in [6.45, 7) is 7.31. The first kappa shape index (κ1) is 27.2. The van der Waals surface area contributed by atoms with Gasteiger partial charge in [0.05, 0.1) is 11.9 Å². The zero-order valence-electron chi connectivity index (χ0n) is 21.6. The molecule has 1 N–H and O–H groups in total. The number of nitrogens with zero attached hydrogens (tertiary/aromatic N) is 2. The molecular formula is C28H35N3O4S. The van der Waals surface area contributed by atoms with Gasteiger partial charge in [-0.25, -0.2) is 8.42 Å². The van der Waals surface area contributed by atoms with Gasteiger partial charge >= 0.3 is 0 Å². The predicted octanol–water partition coefficient (Wildman–Crippen LogP) is 4.25. The van der Waals surface area contributed by atoms with E-state index in [1.165, 1.54) is 4.90 Å². The molecule has 0 aliphatic rings. The molecule has 0 saturated carbocycles. The lowest BCUT2D eigenvalue weighted by Crippen LogP contribution is -2.53. The topological polar surface area (TPSA) is 86.8 Å². The fraction of sp³-hybridized carbons (Fsp3) is 0.357. The molecule has 0 saturated heterocycles. The molecule has 0 aromatic heterocycles. The van der Waals surface area contributed by atoms with Crippen molar-refractivity contribution in [1.82, 2.24) is 10.2 Å². The van der Waals surface area contributed by atoms with Gasteiger partial charge in [0.25, 0.3) is 0 Å². The molecule has 2 amide bonds. The van der Waals surface area contributed by atoms with E-state index in [9.17, 15) is 18.0 Å². The van der Waals surface area contributed by atoms with Crippen LogP contribution in [0, 0.1) is 6.92 Å². The Morgan fingerprint density at radius 2 is 1.58 bits per heavy atom. The Kier molecular flexibility index (Phi) is 8.74. The largest absolute Gasteiger partial charge is 0.352 e. The van der Waals surface area contributed by atoms with E-state index in [1.54, 1.807) is 12.1 Å². The molecule has 3 aromatic rings.